The Morgan fingerprint density at radius 1 is 0.833 bits per heavy atom. The number of benzene rings is 1. The molecule has 0 bridgehead atoms. The number of aromatic hydroxyl groups is 2. The van der Waals surface area contributed by atoms with Crippen molar-refractivity contribution in [2.24, 2.45) is 0 Å². The highest BCUT2D eigenvalue weighted by molar-refractivity contribution is 5.66. The second-order valence-corrected chi connectivity index (χ2v) is 5.83. The summed E-state index contributed by atoms with van der Waals surface area (Å²) >= 11 is 0. The molecular weight excluding hydrogens is 316 g/mol. The predicted molar refractivity (Wildman–Crippen MR) is 89.4 cm³/mol. The number of rotatable bonds is 11. The normalized spacial score (nSPS) is 10.7. The maximum atomic E-state index is 10.9. The van der Waals surface area contributed by atoms with E-state index in [4.69, 9.17) is 0 Å². The molecule has 2 N–H and O–H groups in total. The maximum absolute atomic E-state index is 10.9. The van der Waals surface area contributed by atoms with E-state index < -0.39 is 32.7 Å². The lowest BCUT2D eigenvalue weighted by Crippen LogP contribution is -1.98. The third-order valence-electron chi connectivity index (χ3n) is 4.00. The lowest BCUT2D eigenvalue weighted by atomic mass is 10.0. The zero-order valence-corrected chi connectivity index (χ0v) is 13.9. The van der Waals surface area contributed by atoms with Crippen molar-refractivity contribution in [3.63, 3.8) is 0 Å². The van der Waals surface area contributed by atoms with Gasteiger partial charge in [0.25, 0.3) is 0 Å². The number of hydrogen-bond donors (Lipinski definition) is 2. The molecule has 0 fully saturated rings. The number of hydrogen-bond acceptors (Lipinski definition) is 6. The van der Waals surface area contributed by atoms with Crippen LogP contribution in [0, 0.1) is 20.2 Å². The average Bonchev–Trinajstić information content (AvgIpc) is 2.52. The second kappa shape index (κ2) is 9.69. The molecule has 8 nitrogen and oxygen atoms in total. The van der Waals surface area contributed by atoms with Gasteiger partial charge in [0.05, 0.1) is 15.4 Å². The molecule has 1 aromatic carbocycles. The van der Waals surface area contributed by atoms with Crippen molar-refractivity contribution in [1.29, 1.82) is 0 Å². The molecule has 1 rings (SSSR count). The number of phenolic OH excluding ortho intramolecular Hbond substituents is 2. The maximum Gasteiger partial charge on any atom is 0.318 e. The summed E-state index contributed by atoms with van der Waals surface area (Å²) in [6.45, 7) is 2.15. The average molecular weight is 340 g/mol. The molecule has 0 aliphatic carbocycles. The van der Waals surface area contributed by atoms with Crippen molar-refractivity contribution in [2.45, 2.75) is 64.7 Å². The fourth-order valence-corrected chi connectivity index (χ4v) is 2.64. The van der Waals surface area contributed by atoms with Crippen molar-refractivity contribution < 1.29 is 20.1 Å². The molecule has 0 atom stereocenters. The first-order valence-electron chi connectivity index (χ1n) is 8.26. The predicted octanol–water partition coefficient (Wildman–Crippen LogP) is 4.60. The molecule has 0 amide bonds. The summed E-state index contributed by atoms with van der Waals surface area (Å²) < 4.78 is 0. The van der Waals surface area contributed by atoms with Crippen LogP contribution in [0.15, 0.2) is 6.07 Å². The Labute approximate surface area is 140 Å². The first-order chi connectivity index (χ1) is 11.4. The molecule has 0 heterocycles. The Balaban J connectivity index is 2.70. The molecule has 8 heteroatoms. The molecular formula is C16H24N2O6. The molecule has 24 heavy (non-hydrogen) atoms. The van der Waals surface area contributed by atoms with E-state index in [0.29, 0.717) is 12.5 Å². The van der Waals surface area contributed by atoms with Gasteiger partial charge in [-0.15, -0.1) is 0 Å². The number of phenols is 2. The van der Waals surface area contributed by atoms with Gasteiger partial charge >= 0.3 is 11.4 Å². The largest absolute Gasteiger partial charge is 0.502 e. The van der Waals surface area contributed by atoms with Gasteiger partial charge in [0, 0.05) is 0 Å². The van der Waals surface area contributed by atoms with Crippen molar-refractivity contribution >= 4 is 11.4 Å². The molecule has 0 radical (unpaired) electrons. The van der Waals surface area contributed by atoms with E-state index in [0.717, 1.165) is 25.7 Å². The summed E-state index contributed by atoms with van der Waals surface area (Å²) in [5.41, 5.74) is -1.63. The quantitative estimate of drug-likeness (QED) is 0.344. The topological polar surface area (TPSA) is 127 Å². The Bertz CT molecular complexity index is 550. The molecule has 0 spiro atoms. The van der Waals surface area contributed by atoms with Gasteiger partial charge in [0.2, 0.25) is 11.5 Å². The van der Waals surface area contributed by atoms with E-state index in [1.807, 2.05) is 0 Å². The van der Waals surface area contributed by atoms with Crippen LogP contribution in [-0.4, -0.2) is 20.1 Å². The fraction of sp³-hybridized carbons (Fsp3) is 0.625. The molecule has 0 aromatic heterocycles. The van der Waals surface area contributed by atoms with E-state index in [9.17, 15) is 30.4 Å². The first-order valence-corrected chi connectivity index (χ1v) is 8.26. The van der Waals surface area contributed by atoms with Crippen molar-refractivity contribution in [1.82, 2.24) is 0 Å². The molecule has 0 saturated heterocycles. The summed E-state index contributed by atoms with van der Waals surface area (Å²) in [5.74, 6) is -1.38. The van der Waals surface area contributed by atoms with Gasteiger partial charge in [-0.3, -0.25) is 20.2 Å². The van der Waals surface area contributed by atoms with Crippen LogP contribution in [0.2, 0.25) is 0 Å². The van der Waals surface area contributed by atoms with Gasteiger partial charge in [-0.25, -0.2) is 0 Å². The standard InChI is InChI=1S/C16H24N2O6/c1-2-3-4-5-6-7-8-9-10-12-15(19)13(17(21)22)11-14(16(12)20)18(23)24/h11,19-20H,2-10H2,1H3. The minimum atomic E-state index is -0.890. The minimum absolute atomic E-state index is 0.123. The summed E-state index contributed by atoms with van der Waals surface area (Å²) in [6, 6.07) is 0.585. The van der Waals surface area contributed by atoms with Crippen LogP contribution in [0.5, 0.6) is 11.5 Å². The number of nitro benzene ring substituents is 2. The highest BCUT2D eigenvalue weighted by Gasteiger charge is 2.29. The molecule has 0 unspecified atom stereocenters. The van der Waals surface area contributed by atoms with E-state index in [1.54, 1.807) is 0 Å². The van der Waals surface area contributed by atoms with Crippen LogP contribution in [-0.2, 0) is 6.42 Å². The Kier molecular flexibility index (Phi) is 7.94. The summed E-state index contributed by atoms with van der Waals surface area (Å²) in [4.78, 5) is 20.0. The van der Waals surface area contributed by atoms with E-state index in [1.165, 1.54) is 19.3 Å². The van der Waals surface area contributed by atoms with Crippen LogP contribution in [0.25, 0.3) is 0 Å². The lowest BCUT2D eigenvalue weighted by Gasteiger charge is -2.08. The molecule has 1 aromatic rings. The SMILES string of the molecule is CCCCCCCCCCc1c(O)c([N+](=O)[O-])cc([N+](=O)[O-])c1O. The monoisotopic (exact) mass is 340 g/mol. The highest BCUT2D eigenvalue weighted by Crippen LogP contribution is 2.43. The molecule has 0 aliphatic rings. The summed E-state index contributed by atoms with van der Waals surface area (Å²) in [6.07, 6.45) is 8.43. The zero-order chi connectivity index (χ0) is 18.1. The van der Waals surface area contributed by atoms with Crippen LogP contribution in [0.4, 0.5) is 11.4 Å². The first kappa shape index (κ1) is 19.7. The lowest BCUT2D eigenvalue weighted by molar-refractivity contribution is -0.395. The minimum Gasteiger partial charge on any atom is -0.502 e. The van der Waals surface area contributed by atoms with E-state index in [2.05, 4.69) is 6.92 Å². The van der Waals surface area contributed by atoms with Crippen molar-refractivity contribution in [3.05, 3.63) is 31.9 Å². The van der Waals surface area contributed by atoms with Gasteiger partial charge in [0.15, 0.2) is 0 Å². The fourth-order valence-electron chi connectivity index (χ4n) is 2.64. The third kappa shape index (κ3) is 5.36. The van der Waals surface area contributed by atoms with Crippen LogP contribution in [0.3, 0.4) is 0 Å². The summed E-state index contributed by atoms with van der Waals surface area (Å²) in [5, 5.41) is 41.6. The Morgan fingerprint density at radius 3 is 1.67 bits per heavy atom. The van der Waals surface area contributed by atoms with Crippen LogP contribution in [0.1, 0.15) is 63.9 Å². The van der Waals surface area contributed by atoms with E-state index in [-0.39, 0.29) is 12.0 Å². The Morgan fingerprint density at radius 2 is 1.25 bits per heavy atom. The molecule has 0 saturated carbocycles. The number of unbranched alkanes of at least 4 members (excludes halogenated alkanes) is 7. The van der Waals surface area contributed by atoms with Gasteiger partial charge in [-0.05, 0) is 12.8 Å². The van der Waals surface area contributed by atoms with Crippen molar-refractivity contribution in [3.8, 4) is 11.5 Å². The van der Waals surface area contributed by atoms with Gasteiger partial charge in [0.1, 0.15) is 6.07 Å². The van der Waals surface area contributed by atoms with Crippen LogP contribution < -0.4 is 0 Å². The van der Waals surface area contributed by atoms with Gasteiger partial charge in [-0.1, -0.05) is 51.9 Å². The molecule has 0 aliphatic heterocycles. The number of nitrogens with zero attached hydrogens (tertiary/aromatic N) is 2. The Hall–Kier alpha value is -2.38. The number of nitro groups is 2. The van der Waals surface area contributed by atoms with Gasteiger partial charge < -0.3 is 10.2 Å². The van der Waals surface area contributed by atoms with Crippen molar-refractivity contribution in [2.75, 3.05) is 0 Å². The highest BCUT2D eigenvalue weighted by atomic mass is 16.6. The smallest absolute Gasteiger partial charge is 0.318 e. The third-order valence-corrected chi connectivity index (χ3v) is 4.00. The van der Waals surface area contributed by atoms with Crippen LogP contribution >= 0.6 is 0 Å². The zero-order valence-electron chi connectivity index (χ0n) is 13.9. The summed E-state index contributed by atoms with van der Waals surface area (Å²) in [7, 11) is 0. The second-order valence-electron chi connectivity index (χ2n) is 5.83. The molecule has 134 valence electrons. The van der Waals surface area contributed by atoms with Gasteiger partial charge in [-0.2, -0.15) is 0 Å². The van der Waals surface area contributed by atoms with E-state index >= 15 is 0 Å².